The normalized spacial score (nSPS) is 11.5. The van der Waals surface area contributed by atoms with Gasteiger partial charge in [0.05, 0.1) is 0 Å². The predicted molar refractivity (Wildman–Crippen MR) is 162 cm³/mol. The molecule has 198 valence electrons. The summed E-state index contributed by atoms with van der Waals surface area (Å²) in [6, 6.07) is 37.9. The first-order chi connectivity index (χ1) is 18.5. The molecular formula is C28H30N2O4P2S2. The first-order valence-electron chi connectivity index (χ1n) is 12.2. The number of rotatable bonds is 15. The number of unbranched alkanes of at least 4 members (excludes halogenated alkanes) is 1. The van der Waals surface area contributed by atoms with Crippen LogP contribution in [0.3, 0.4) is 0 Å². The summed E-state index contributed by atoms with van der Waals surface area (Å²) in [5.41, 5.74) is 0. The van der Waals surface area contributed by atoms with Gasteiger partial charge in [-0.15, -0.1) is 0 Å². The lowest BCUT2D eigenvalue weighted by Gasteiger charge is -2.25. The fourth-order valence-corrected chi connectivity index (χ4v) is 7.70. The number of hydrogen-bond donors (Lipinski definition) is 2. The molecule has 0 aromatic heterocycles. The molecule has 2 N–H and O–H groups in total. The molecule has 4 rings (SSSR count). The minimum absolute atomic E-state index is 0.612. The Balaban J connectivity index is 1.32. The number of para-hydroxylation sites is 4. The summed E-state index contributed by atoms with van der Waals surface area (Å²) < 4.78 is 24.5. The second kappa shape index (κ2) is 14.5. The van der Waals surface area contributed by atoms with Crippen molar-refractivity contribution in [3.63, 3.8) is 0 Å². The van der Waals surface area contributed by atoms with Crippen molar-refractivity contribution in [1.82, 2.24) is 10.2 Å². The average Bonchev–Trinajstić information content (AvgIpc) is 2.93. The molecule has 0 fully saturated rings. The zero-order valence-electron chi connectivity index (χ0n) is 20.7. The van der Waals surface area contributed by atoms with Crippen LogP contribution in [0.1, 0.15) is 12.8 Å². The number of hydrogen-bond acceptors (Lipinski definition) is 6. The fourth-order valence-electron chi connectivity index (χ4n) is 3.33. The topological polar surface area (TPSA) is 61.0 Å². The lowest BCUT2D eigenvalue weighted by Crippen LogP contribution is -2.22. The molecular weight excluding hydrogens is 554 g/mol. The quantitative estimate of drug-likeness (QED) is 0.109. The van der Waals surface area contributed by atoms with Gasteiger partial charge in [0.15, 0.2) is 0 Å². The third kappa shape index (κ3) is 9.55. The van der Waals surface area contributed by atoms with Crippen LogP contribution in [0.4, 0.5) is 0 Å². The maximum Gasteiger partial charge on any atom is 0.365 e. The molecule has 0 aliphatic carbocycles. The largest absolute Gasteiger partial charge is 0.425 e. The van der Waals surface area contributed by atoms with Crippen molar-refractivity contribution in [3.05, 3.63) is 121 Å². The molecule has 0 heterocycles. The van der Waals surface area contributed by atoms with Crippen molar-refractivity contribution in [3.8, 4) is 23.0 Å². The van der Waals surface area contributed by atoms with Crippen LogP contribution in [0.25, 0.3) is 0 Å². The molecule has 4 aromatic rings. The minimum atomic E-state index is -2.84. The molecule has 0 radical (unpaired) electrons. The maximum absolute atomic E-state index is 6.13. The van der Waals surface area contributed by atoms with Crippen molar-refractivity contribution < 1.29 is 18.1 Å². The summed E-state index contributed by atoms with van der Waals surface area (Å²) in [6.45, 7) is -4.45. The van der Waals surface area contributed by atoms with E-state index in [1.54, 1.807) is 0 Å². The van der Waals surface area contributed by atoms with Gasteiger partial charge in [0, 0.05) is 36.7 Å². The second-order valence-electron chi connectivity index (χ2n) is 8.14. The predicted octanol–water partition coefficient (Wildman–Crippen LogP) is 7.71. The molecule has 0 atom stereocenters. The highest BCUT2D eigenvalue weighted by Gasteiger charge is 2.24. The van der Waals surface area contributed by atoms with Gasteiger partial charge in [-0.05, 0) is 61.4 Å². The molecule has 0 aliphatic heterocycles. The molecule has 0 amide bonds. The van der Waals surface area contributed by atoms with Crippen LogP contribution in [-0.4, -0.2) is 13.1 Å². The zero-order valence-corrected chi connectivity index (χ0v) is 24.1. The zero-order chi connectivity index (χ0) is 26.5. The summed E-state index contributed by atoms with van der Waals surface area (Å²) in [7, 11) is 0. The Morgan fingerprint density at radius 2 is 0.658 bits per heavy atom. The summed E-state index contributed by atoms with van der Waals surface area (Å²) in [5.74, 6) is 2.66. The molecule has 0 spiro atoms. The molecule has 0 bridgehead atoms. The van der Waals surface area contributed by atoms with E-state index in [2.05, 4.69) is 10.2 Å². The number of benzene rings is 4. The number of nitrogens with one attached hydrogen (secondary N) is 2. The van der Waals surface area contributed by atoms with Crippen LogP contribution in [0.2, 0.25) is 0 Å². The Hall–Kier alpha value is -2.70. The van der Waals surface area contributed by atoms with Gasteiger partial charge < -0.3 is 18.1 Å². The van der Waals surface area contributed by atoms with E-state index < -0.39 is 13.3 Å². The smallest absolute Gasteiger partial charge is 0.365 e. The first-order valence-corrected chi connectivity index (χ1v) is 17.5. The first kappa shape index (κ1) is 28.3. The van der Waals surface area contributed by atoms with Crippen LogP contribution in [0, 0.1) is 0 Å². The standard InChI is InChI=1S/C28H30N2O4P2S2/c37-35(31-25-15-5-1-6-16-25,32-26-17-7-2-8-18-26)29-23-13-14-24-30-36(38,33-27-19-9-3-10-20-27)34-28-21-11-4-12-22-28/h1-12,15-22H,13-14,23-24H2,(H,29,37)(H,30,38). The third-order valence-corrected chi connectivity index (χ3v) is 9.79. The van der Waals surface area contributed by atoms with Crippen LogP contribution < -0.4 is 28.3 Å². The van der Waals surface area contributed by atoms with Gasteiger partial charge in [-0.25, -0.2) is 10.2 Å². The molecule has 6 nitrogen and oxygen atoms in total. The van der Waals surface area contributed by atoms with Gasteiger partial charge in [-0.3, -0.25) is 0 Å². The summed E-state index contributed by atoms with van der Waals surface area (Å²) in [4.78, 5) is 0. The maximum atomic E-state index is 6.13. The lowest BCUT2D eigenvalue weighted by molar-refractivity contribution is 0.461. The van der Waals surface area contributed by atoms with E-state index in [1.165, 1.54) is 0 Å². The van der Waals surface area contributed by atoms with Crippen molar-refractivity contribution in [2.24, 2.45) is 0 Å². The van der Waals surface area contributed by atoms with E-state index in [4.69, 9.17) is 41.7 Å². The highest BCUT2D eigenvalue weighted by atomic mass is 32.5. The van der Waals surface area contributed by atoms with E-state index in [1.807, 2.05) is 121 Å². The van der Waals surface area contributed by atoms with Gasteiger partial charge in [-0.2, -0.15) is 0 Å². The van der Waals surface area contributed by atoms with Gasteiger partial charge in [-0.1, -0.05) is 72.8 Å². The fraction of sp³-hybridized carbons (Fsp3) is 0.143. The van der Waals surface area contributed by atoms with Crippen LogP contribution in [0.5, 0.6) is 23.0 Å². The summed E-state index contributed by atoms with van der Waals surface area (Å²) in [6.07, 6.45) is 1.63. The van der Waals surface area contributed by atoms with Gasteiger partial charge in [0.2, 0.25) is 0 Å². The second-order valence-corrected chi connectivity index (χ2v) is 14.4. The lowest BCUT2D eigenvalue weighted by atomic mass is 10.3. The van der Waals surface area contributed by atoms with Crippen molar-refractivity contribution in [2.75, 3.05) is 13.1 Å². The van der Waals surface area contributed by atoms with Crippen molar-refractivity contribution in [2.45, 2.75) is 12.8 Å². The Morgan fingerprint density at radius 3 is 0.895 bits per heavy atom. The summed E-state index contributed by atoms with van der Waals surface area (Å²) >= 11 is 11.7. The highest BCUT2D eigenvalue weighted by molar-refractivity contribution is 8.09. The minimum Gasteiger partial charge on any atom is -0.425 e. The van der Waals surface area contributed by atoms with E-state index >= 15 is 0 Å². The van der Waals surface area contributed by atoms with Crippen LogP contribution in [-0.2, 0) is 23.6 Å². The van der Waals surface area contributed by atoms with Crippen molar-refractivity contribution in [1.29, 1.82) is 0 Å². The SMILES string of the molecule is S=P(NCCCCNP(=S)(Oc1ccccc1)Oc1ccccc1)(Oc1ccccc1)Oc1ccccc1. The van der Waals surface area contributed by atoms with Gasteiger partial charge in [0.25, 0.3) is 0 Å². The monoisotopic (exact) mass is 584 g/mol. The van der Waals surface area contributed by atoms with Crippen LogP contribution in [0.15, 0.2) is 121 Å². The van der Waals surface area contributed by atoms with E-state index in [9.17, 15) is 0 Å². The van der Waals surface area contributed by atoms with Gasteiger partial charge >= 0.3 is 13.3 Å². The molecule has 0 aliphatic rings. The molecule has 0 saturated heterocycles. The Bertz CT molecular complexity index is 1140. The Labute approximate surface area is 234 Å². The Morgan fingerprint density at radius 1 is 0.421 bits per heavy atom. The third-order valence-electron chi connectivity index (χ3n) is 5.09. The molecule has 38 heavy (non-hydrogen) atoms. The van der Waals surface area contributed by atoms with E-state index in [0.717, 1.165) is 12.8 Å². The highest BCUT2D eigenvalue weighted by Crippen LogP contribution is 2.46. The van der Waals surface area contributed by atoms with E-state index in [-0.39, 0.29) is 0 Å². The molecule has 10 heteroatoms. The van der Waals surface area contributed by atoms with Crippen molar-refractivity contribution >= 4 is 36.9 Å². The van der Waals surface area contributed by atoms with Crippen LogP contribution >= 0.6 is 13.3 Å². The van der Waals surface area contributed by atoms with E-state index in [0.29, 0.717) is 36.1 Å². The Kier molecular flexibility index (Phi) is 10.8. The molecule has 4 aromatic carbocycles. The van der Waals surface area contributed by atoms with Gasteiger partial charge in [0.1, 0.15) is 23.0 Å². The molecule has 0 saturated carbocycles. The summed E-state index contributed by atoms with van der Waals surface area (Å²) in [5, 5.41) is 6.69. The molecule has 0 unspecified atom stereocenters. The average molecular weight is 585 g/mol.